The number of rotatable bonds is 5. The van der Waals surface area contributed by atoms with Crippen molar-refractivity contribution in [2.75, 3.05) is 13.2 Å². The maximum Gasteiger partial charge on any atom is 0.293 e. The summed E-state index contributed by atoms with van der Waals surface area (Å²) < 4.78 is 5.53. The van der Waals surface area contributed by atoms with Crippen LogP contribution in [0.5, 0.6) is 5.75 Å². The molecule has 1 saturated heterocycles. The Bertz CT molecular complexity index is 580. The van der Waals surface area contributed by atoms with Crippen molar-refractivity contribution in [2.24, 2.45) is 0 Å². The van der Waals surface area contributed by atoms with Gasteiger partial charge in [-0.1, -0.05) is 30.9 Å². The number of carbonyl (C=O) groups excluding carboxylic acids is 2. The van der Waals surface area contributed by atoms with Gasteiger partial charge in [-0.15, -0.1) is 0 Å². The predicted octanol–water partition coefficient (Wildman–Crippen LogP) is 3.31. The normalized spacial score (nSPS) is 16.9. The van der Waals surface area contributed by atoms with Crippen molar-refractivity contribution < 1.29 is 14.3 Å². The van der Waals surface area contributed by atoms with Gasteiger partial charge in [0.1, 0.15) is 12.4 Å². The van der Waals surface area contributed by atoms with Gasteiger partial charge in [-0.05, 0) is 30.8 Å². The quantitative estimate of drug-likeness (QED) is 0.616. The molecule has 104 valence electrons. The van der Waals surface area contributed by atoms with E-state index in [4.69, 9.17) is 4.74 Å². The average molecular weight is 289 g/mol. The molecule has 1 aliphatic rings. The first-order valence-corrected chi connectivity index (χ1v) is 7.07. The second-order valence-electron chi connectivity index (χ2n) is 4.06. The van der Waals surface area contributed by atoms with Gasteiger partial charge in [0.15, 0.2) is 0 Å². The number of imide groups is 1. The van der Waals surface area contributed by atoms with Crippen LogP contribution < -0.4 is 4.74 Å². The molecule has 1 aromatic carbocycles. The van der Waals surface area contributed by atoms with Gasteiger partial charge in [-0.3, -0.25) is 14.5 Å². The summed E-state index contributed by atoms with van der Waals surface area (Å²) in [5.74, 6) is 0.414. The van der Waals surface area contributed by atoms with Crippen LogP contribution in [0.3, 0.4) is 0 Å². The van der Waals surface area contributed by atoms with Crippen molar-refractivity contribution >= 4 is 29.0 Å². The van der Waals surface area contributed by atoms with Gasteiger partial charge in [0, 0.05) is 12.1 Å². The molecular weight excluding hydrogens is 274 g/mol. The molecule has 0 atom stereocenters. The zero-order chi connectivity index (χ0) is 14.5. The number of hydrogen-bond acceptors (Lipinski definition) is 4. The minimum Gasteiger partial charge on any atom is -0.489 e. The average Bonchev–Trinajstić information content (AvgIpc) is 2.72. The minimum atomic E-state index is -0.249. The summed E-state index contributed by atoms with van der Waals surface area (Å²) in [7, 11) is 0. The summed E-state index contributed by atoms with van der Waals surface area (Å²) in [4.78, 5) is 25.3. The largest absolute Gasteiger partial charge is 0.489 e. The van der Waals surface area contributed by atoms with E-state index < -0.39 is 0 Å². The first kappa shape index (κ1) is 14.4. The minimum absolute atomic E-state index is 0.228. The fraction of sp³-hybridized carbons (Fsp3) is 0.200. The Labute approximate surface area is 122 Å². The number of thioether (sulfide) groups is 1. The molecule has 0 radical (unpaired) electrons. The maximum atomic E-state index is 12.0. The van der Waals surface area contributed by atoms with Crippen molar-refractivity contribution in [3.8, 4) is 5.75 Å². The van der Waals surface area contributed by atoms with Crippen LogP contribution in [0.25, 0.3) is 6.08 Å². The number of benzene rings is 1. The molecule has 0 bridgehead atoms. The third-order valence-electron chi connectivity index (χ3n) is 2.75. The van der Waals surface area contributed by atoms with Crippen molar-refractivity contribution in [1.82, 2.24) is 4.90 Å². The number of hydrogen-bond donors (Lipinski definition) is 0. The lowest BCUT2D eigenvalue weighted by molar-refractivity contribution is -0.122. The van der Waals surface area contributed by atoms with Crippen molar-refractivity contribution in [3.63, 3.8) is 0 Å². The van der Waals surface area contributed by atoms with Gasteiger partial charge in [0.05, 0.1) is 4.91 Å². The summed E-state index contributed by atoms with van der Waals surface area (Å²) in [5.41, 5.74) is 0.774. The Morgan fingerprint density at radius 2 is 2.10 bits per heavy atom. The van der Waals surface area contributed by atoms with Crippen LogP contribution >= 0.6 is 11.8 Å². The van der Waals surface area contributed by atoms with E-state index in [-0.39, 0.29) is 11.1 Å². The molecule has 1 aromatic rings. The number of amides is 2. The van der Waals surface area contributed by atoms with Gasteiger partial charge < -0.3 is 4.74 Å². The molecule has 1 fully saturated rings. The standard InChI is InChI=1S/C15H15NO3S/c1-3-9-19-12-8-6-5-7-11(12)10-13-14(17)16(4-2)15(18)20-13/h3,5-8,10H,1,4,9H2,2H3. The highest BCUT2D eigenvalue weighted by Gasteiger charge is 2.33. The number of ether oxygens (including phenoxy) is 1. The van der Waals surface area contributed by atoms with Crippen LogP contribution in [0.4, 0.5) is 4.79 Å². The molecule has 0 N–H and O–H groups in total. The molecular formula is C15H15NO3S. The summed E-state index contributed by atoms with van der Waals surface area (Å²) in [6.07, 6.45) is 3.35. The van der Waals surface area contributed by atoms with E-state index in [1.165, 1.54) is 4.90 Å². The van der Waals surface area contributed by atoms with Gasteiger partial charge in [-0.25, -0.2) is 0 Å². The predicted molar refractivity (Wildman–Crippen MR) is 80.5 cm³/mol. The van der Waals surface area contributed by atoms with E-state index in [0.717, 1.165) is 17.3 Å². The van der Waals surface area contributed by atoms with Crippen molar-refractivity contribution in [1.29, 1.82) is 0 Å². The first-order valence-electron chi connectivity index (χ1n) is 6.25. The first-order chi connectivity index (χ1) is 9.67. The summed E-state index contributed by atoms with van der Waals surface area (Å²) >= 11 is 0.957. The Morgan fingerprint density at radius 3 is 2.75 bits per heavy atom. The van der Waals surface area contributed by atoms with E-state index in [0.29, 0.717) is 23.8 Å². The van der Waals surface area contributed by atoms with Crippen LogP contribution in [-0.2, 0) is 4.79 Å². The van der Waals surface area contributed by atoms with Gasteiger partial charge >= 0.3 is 0 Å². The number of likely N-dealkylation sites (N-methyl/N-ethyl adjacent to an activating group) is 1. The molecule has 4 nitrogen and oxygen atoms in total. The van der Waals surface area contributed by atoms with E-state index in [2.05, 4.69) is 6.58 Å². The summed E-state index contributed by atoms with van der Waals surface area (Å²) in [6, 6.07) is 7.38. The molecule has 0 spiro atoms. The molecule has 0 saturated carbocycles. The van der Waals surface area contributed by atoms with Crippen molar-refractivity contribution in [3.05, 3.63) is 47.4 Å². The lowest BCUT2D eigenvalue weighted by Gasteiger charge is -2.08. The van der Waals surface area contributed by atoms with Crippen LogP contribution in [-0.4, -0.2) is 29.2 Å². The Hall–Kier alpha value is -2.01. The zero-order valence-electron chi connectivity index (χ0n) is 11.2. The molecule has 2 rings (SSSR count). The maximum absolute atomic E-state index is 12.0. The number of carbonyl (C=O) groups is 2. The second-order valence-corrected chi connectivity index (χ2v) is 5.06. The van der Waals surface area contributed by atoms with Crippen molar-refractivity contribution in [2.45, 2.75) is 6.92 Å². The third-order valence-corrected chi connectivity index (χ3v) is 3.66. The summed E-state index contributed by atoms with van der Waals surface area (Å²) in [5, 5.41) is -0.228. The fourth-order valence-electron chi connectivity index (χ4n) is 1.79. The zero-order valence-corrected chi connectivity index (χ0v) is 12.0. The SMILES string of the molecule is C=CCOc1ccccc1C=C1SC(=O)N(CC)C1=O. The second kappa shape index (κ2) is 6.43. The molecule has 0 aliphatic carbocycles. The lowest BCUT2D eigenvalue weighted by atomic mass is 10.2. The van der Waals surface area contributed by atoms with E-state index in [9.17, 15) is 9.59 Å². The highest BCUT2D eigenvalue weighted by atomic mass is 32.2. The fourth-order valence-corrected chi connectivity index (χ4v) is 2.69. The van der Waals surface area contributed by atoms with Crippen LogP contribution in [0.15, 0.2) is 41.8 Å². The van der Waals surface area contributed by atoms with Gasteiger partial charge in [-0.2, -0.15) is 0 Å². The van der Waals surface area contributed by atoms with Crippen LogP contribution in [0.2, 0.25) is 0 Å². The van der Waals surface area contributed by atoms with Gasteiger partial charge in [0.2, 0.25) is 0 Å². The summed E-state index contributed by atoms with van der Waals surface area (Å²) in [6.45, 7) is 6.16. The molecule has 20 heavy (non-hydrogen) atoms. The Morgan fingerprint density at radius 1 is 1.35 bits per heavy atom. The molecule has 1 aliphatic heterocycles. The van der Waals surface area contributed by atoms with E-state index in [1.54, 1.807) is 19.1 Å². The lowest BCUT2D eigenvalue weighted by Crippen LogP contribution is -2.27. The molecule has 2 amide bonds. The Kier molecular flexibility index (Phi) is 4.63. The Balaban J connectivity index is 2.29. The highest BCUT2D eigenvalue weighted by molar-refractivity contribution is 8.18. The number of nitrogens with zero attached hydrogens (tertiary/aromatic N) is 1. The van der Waals surface area contributed by atoms with Gasteiger partial charge in [0.25, 0.3) is 11.1 Å². The smallest absolute Gasteiger partial charge is 0.293 e. The molecule has 1 heterocycles. The van der Waals surface area contributed by atoms with E-state index >= 15 is 0 Å². The third kappa shape index (κ3) is 2.93. The topological polar surface area (TPSA) is 46.6 Å². The molecule has 0 unspecified atom stereocenters. The molecule has 0 aromatic heterocycles. The van der Waals surface area contributed by atoms with Crippen LogP contribution in [0.1, 0.15) is 12.5 Å². The molecule has 5 heteroatoms. The monoisotopic (exact) mass is 289 g/mol. The number of para-hydroxylation sites is 1. The highest BCUT2D eigenvalue weighted by Crippen LogP contribution is 2.33. The van der Waals surface area contributed by atoms with Crippen LogP contribution in [0, 0.1) is 0 Å². The van der Waals surface area contributed by atoms with E-state index in [1.807, 2.05) is 24.3 Å².